The lowest BCUT2D eigenvalue weighted by Crippen LogP contribution is -2.53. The number of hydrogen-bond donors (Lipinski definition) is 3. The lowest BCUT2D eigenvalue weighted by atomic mass is 9.96. The molecule has 0 aliphatic carbocycles. The van der Waals surface area contributed by atoms with Crippen molar-refractivity contribution in [1.82, 2.24) is 15.5 Å². The Bertz CT molecular complexity index is 1160. The smallest absolute Gasteiger partial charge is 0.408 e. The third-order valence-electron chi connectivity index (χ3n) is 5.71. The van der Waals surface area contributed by atoms with Crippen LogP contribution < -0.4 is 10.6 Å². The first-order chi connectivity index (χ1) is 17.7. The molecule has 2 rings (SSSR count). The molecule has 2 unspecified atom stereocenters. The molecule has 2 aromatic carbocycles. The largest absolute Gasteiger partial charge is 0.508 e. The van der Waals surface area contributed by atoms with Gasteiger partial charge in [0.1, 0.15) is 30.0 Å². The zero-order valence-corrected chi connectivity index (χ0v) is 23.0. The number of aromatic hydroxyl groups is 1. The van der Waals surface area contributed by atoms with Crippen LogP contribution in [0.3, 0.4) is 0 Å². The van der Waals surface area contributed by atoms with Crippen molar-refractivity contribution >= 4 is 23.9 Å². The van der Waals surface area contributed by atoms with Crippen molar-refractivity contribution in [3.63, 3.8) is 0 Å². The van der Waals surface area contributed by atoms with E-state index in [0.29, 0.717) is 11.1 Å². The maximum absolute atomic E-state index is 13.9. The van der Waals surface area contributed by atoms with Crippen LogP contribution in [0.1, 0.15) is 49.1 Å². The molecular formula is C28H37N3O7. The average molecular weight is 528 g/mol. The van der Waals surface area contributed by atoms with E-state index in [0.717, 1.165) is 11.1 Å². The van der Waals surface area contributed by atoms with Crippen molar-refractivity contribution in [2.24, 2.45) is 0 Å². The van der Waals surface area contributed by atoms with Crippen molar-refractivity contribution in [2.45, 2.75) is 58.7 Å². The highest BCUT2D eigenvalue weighted by molar-refractivity contribution is 5.93. The van der Waals surface area contributed by atoms with E-state index in [4.69, 9.17) is 4.74 Å². The fourth-order valence-electron chi connectivity index (χ4n) is 3.80. The lowest BCUT2D eigenvalue weighted by Gasteiger charge is -2.32. The van der Waals surface area contributed by atoms with Crippen molar-refractivity contribution in [1.29, 1.82) is 0 Å². The van der Waals surface area contributed by atoms with Gasteiger partial charge in [-0.2, -0.15) is 0 Å². The number of aryl methyl sites for hydroxylation is 2. The molecule has 3 amide bonds. The Morgan fingerprint density at radius 3 is 2.24 bits per heavy atom. The number of phenolic OH excluding ortho intramolecular Hbond substituents is 1. The van der Waals surface area contributed by atoms with Gasteiger partial charge in [0.15, 0.2) is 0 Å². The number of phenols is 1. The molecule has 0 aliphatic rings. The monoisotopic (exact) mass is 527 g/mol. The summed E-state index contributed by atoms with van der Waals surface area (Å²) in [4.78, 5) is 52.8. The van der Waals surface area contributed by atoms with Gasteiger partial charge in [0.05, 0.1) is 7.11 Å². The average Bonchev–Trinajstić information content (AvgIpc) is 2.83. The predicted molar refractivity (Wildman–Crippen MR) is 141 cm³/mol. The molecule has 0 aromatic heterocycles. The maximum atomic E-state index is 13.9. The van der Waals surface area contributed by atoms with Gasteiger partial charge in [-0.3, -0.25) is 14.4 Å². The van der Waals surface area contributed by atoms with Crippen LogP contribution >= 0.6 is 0 Å². The fourth-order valence-corrected chi connectivity index (χ4v) is 3.80. The number of alkyl carbamates (subject to hydrolysis) is 1. The highest BCUT2D eigenvalue weighted by Crippen LogP contribution is 2.26. The number of benzene rings is 2. The Morgan fingerprint density at radius 2 is 1.66 bits per heavy atom. The molecule has 10 nitrogen and oxygen atoms in total. The third-order valence-corrected chi connectivity index (χ3v) is 5.71. The van der Waals surface area contributed by atoms with E-state index < -0.39 is 41.6 Å². The molecule has 3 N–H and O–H groups in total. The molecule has 0 radical (unpaired) electrons. The maximum Gasteiger partial charge on any atom is 0.408 e. The van der Waals surface area contributed by atoms with Gasteiger partial charge in [0.25, 0.3) is 0 Å². The summed E-state index contributed by atoms with van der Waals surface area (Å²) in [7, 11) is 2.68. The van der Waals surface area contributed by atoms with Crippen molar-refractivity contribution in [2.75, 3.05) is 20.7 Å². The van der Waals surface area contributed by atoms with Crippen LogP contribution in [0.15, 0.2) is 42.5 Å². The van der Waals surface area contributed by atoms with E-state index >= 15 is 0 Å². The summed E-state index contributed by atoms with van der Waals surface area (Å²) in [5.41, 5.74) is 2.10. The molecule has 2 aromatic rings. The zero-order valence-electron chi connectivity index (χ0n) is 23.0. The molecule has 2 atom stereocenters. The van der Waals surface area contributed by atoms with Crippen LogP contribution in [0.25, 0.3) is 0 Å². The summed E-state index contributed by atoms with van der Waals surface area (Å²) in [6, 6.07) is 9.57. The molecule has 0 saturated heterocycles. The first-order valence-electron chi connectivity index (χ1n) is 12.2. The van der Waals surface area contributed by atoms with Crippen LogP contribution in [0.4, 0.5) is 4.79 Å². The van der Waals surface area contributed by atoms with Crippen LogP contribution in [0.5, 0.6) is 5.75 Å². The van der Waals surface area contributed by atoms with Crippen molar-refractivity contribution in [3.05, 3.63) is 64.7 Å². The molecule has 0 heterocycles. The number of esters is 1. The van der Waals surface area contributed by atoms with Crippen molar-refractivity contribution in [3.8, 4) is 5.75 Å². The summed E-state index contributed by atoms with van der Waals surface area (Å²) in [5.74, 6) is -1.71. The summed E-state index contributed by atoms with van der Waals surface area (Å²) in [6.45, 7) is 8.44. The Morgan fingerprint density at radius 1 is 1.03 bits per heavy atom. The molecule has 10 heteroatoms. The van der Waals surface area contributed by atoms with E-state index in [1.807, 2.05) is 26.0 Å². The third kappa shape index (κ3) is 8.79. The number of carbonyl (C=O) groups is 4. The topological polar surface area (TPSA) is 134 Å². The molecular weight excluding hydrogens is 490 g/mol. The minimum Gasteiger partial charge on any atom is -0.508 e. The summed E-state index contributed by atoms with van der Waals surface area (Å²) >= 11 is 0. The minimum atomic E-state index is -1.10. The Hall–Kier alpha value is -4.08. The van der Waals surface area contributed by atoms with E-state index in [1.165, 1.54) is 31.2 Å². The Kier molecular flexibility index (Phi) is 10.3. The molecule has 38 heavy (non-hydrogen) atoms. The SMILES string of the molecule is COC(=O)CNC(=O)C(c1cc(C)ccc1C)N(C)C(=O)C(Cc1ccc(O)cc1)NC(=O)OC(C)(C)C. The van der Waals surface area contributed by atoms with Gasteiger partial charge in [-0.05, 0) is 63.4 Å². The quantitative estimate of drug-likeness (QED) is 0.427. The van der Waals surface area contributed by atoms with Crippen LogP contribution in [-0.2, 0) is 30.3 Å². The molecule has 0 spiro atoms. The second-order valence-corrected chi connectivity index (χ2v) is 10.1. The minimum absolute atomic E-state index is 0.0612. The van der Waals surface area contributed by atoms with Gasteiger partial charge in [-0.1, -0.05) is 35.9 Å². The van der Waals surface area contributed by atoms with Crippen molar-refractivity contribution < 1.29 is 33.8 Å². The Labute approximate surface area is 223 Å². The standard InChI is InChI=1S/C28H37N3O7/c1-17-8-9-18(2)21(14-17)24(25(34)29-16-23(33)37-7)31(6)26(35)22(30-27(36)38-28(3,4)5)15-19-10-12-20(32)13-11-19/h8-14,22,24,32H,15-16H2,1-7H3,(H,29,34)(H,30,36). The van der Waals surface area contributed by atoms with Gasteiger partial charge in [0, 0.05) is 13.5 Å². The second-order valence-electron chi connectivity index (χ2n) is 10.1. The molecule has 206 valence electrons. The number of amides is 3. The normalized spacial score (nSPS) is 12.6. The molecule has 0 fully saturated rings. The Balaban J connectivity index is 2.45. The van der Waals surface area contributed by atoms with Crippen LogP contribution in [-0.4, -0.2) is 66.2 Å². The van der Waals surface area contributed by atoms with E-state index in [9.17, 15) is 24.3 Å². The number of ether oxygens (including phenoxy) is 2. The number of hydrogen-bond acceptors (Lipinski definition) is 7. The van der Waals surface area contributed by atoms with Gasteiger partial charge < -0.3 is 30.1 Å². The number of nitrogens with one attached hydrogen (secondary N) is 2. The van der Waals surface area contributed by atoms with Gasteiger partial charge in [-0.25, -0.2) is 4.79 Å². The molecule has 0 bridgehead atoms. The van der Waals surface area contributed by atoms with E-state index in [2.05, 4.69) is 15.4 Å². The highest BCUT2D eigenvalue weighted by Gasteiger charge is 2.35. The number of carbonyl (C=O) groups excluding carboxylic acids is 4. The predicted octanol–water partition coefficient (Wildman–Crippen LogP) is 2.93. The van der Waals surface area contributed by atoms with E-state index in [-0.39, 0.29) is 18.7 Å². The van der Waals surface area contributed by atoms with Gasteiger partial charge in [-0.15, -0.1) is 0 Å². The van der Waals surface area contributed by atoms with Crippen LogP contribution in [0.2, 0.25) is 0 Å². The van der Waals surface area contributed by atoms with Gasteiger partial charge in [0.2, 0.25) is 11.8 Å². The first-order valence-corrected chi connectivity index (χ1v) is 12.2. The molecule has 0 saturated carbocycles. The summed E-state index contributed by atoms with van der Waals surface area (Å²) < 4.78 is 9.99. The summed E-state index contributed by atoms with van der Waals surface area (Å²) in [5, 5.41) is 14.8. The fraction of sp³-hybridized carbons (Fsp3) is 0.429. The number of methoxy groups -OCH3 is 1. The highest BCUT2D eigenvalue weighted by atomic mass is 16.6. The number of rotatable bonds is 9. The molecule has 0 aliphatic heterocycles. The van der Waals surface area contributed by atoms with Crippen LogP contribution in [0, 0.1) is 13.8 Å². The zero-order chi connectivity index (χ0) is 28.6. The lowest BCUT2D eigenvalue weighted by molar-refractivity contribution is -0.143. The number of likely N-dealkylation sites (N-methyl/N-ethyl adjacent to an activating group) is 1. The number of nitrogens with zero attached hydrogens (tertiary/aromatic N) is 1. The van der Waals surface area contributed by atoms with E-state index in [1.54, 1.807) is 39.0 Å². The van der Waals surface area contributed by atoms with Gasteiger partial charge >= 0.3 is 12.1 Å². The second kappa shape index (κ2) is 12.9. The first kappa shape index (κ1) is 30.1. The summed E-state index contributed by atoms with van der Waals surface area (Å²) in [6.07, 6.45) is -0.715.